The number of hydrogen-bond donors (Lipinski definition) is 0. The van der Waals surface area contributed by atoms with Crippen molar-refractivity contribution >= 4 is 21.6 Å². The Morgan fingerprint density at radius 1 is 1.33 bits per heavy atom. The average Bonchev–Trinajstić information content (AvgIpc) is 2.17. The molecule has 1 nitrogen and oxygen atoms in total. The van der Waals surface area contributed by atoms with Crippen LogP contribution in [0.25, 0.3) is 0 Å². The Kier molecular flexibility index (Phi) is 3.77. The third-order valence-electron chi connectivity index (χ3n) is 2.50. The number of alkyl halides is 1. The second-order valence-corrected chi connectivity index (χ2v) is 5.13. The third-order valence-corrected chi connectivity index (χ3v) is 3.91. The van der Waals surface area contributed by atoms with E-state index < -0.39 is 0 Å². The molecule has 0 heterocycles. The molecule has 15 heavy (non-hydrogen) atoms. The van der Waals surface area contributed by atoms with Crippen LogP contribution in [0.2, 0.25) is 0 Å². The van der Waals surface area contributed by atoms with E-state index in [1.807, 2.05) is 25.1 Å². The molecular formula is C12H17BrFN. The molecule has 0 aliphatic heterocycles. The van der Waals surface area contributed by atoms with Gasteiger partial charge in [-0.15, -0.1) is 0 Å². The smallest absolute Gasteiger partial charge is 0.123 e. The van der Waals surface area contributed by atoms with Crippen LogP contribution in [0.5, 0.6) is 0 Å². The SMILES string of the molecule is CN(C)c1ccc(F)cc1C(C)(C)CBr. The molecule has 0 atom stereocenters. The van der Waals surface area contributed by atoms with Crippen LogP contribution in [-0.4, -0.2) is 19.4 Å². The number of nitrogens with zero attached hydrogens (tertiary/aromatic N) is 1. The fourth-order valence-corrected chi connectivity index (χ4v) is 1.81. The first kappa shape index (κ1) is 12.5. The van der Waals surface area contributed by atoms with Gasteiger partial charge >= 0.3 is 0 Å². The number of anilines is 1. The van der Waals surface area contributed by atoms with Crippen molar-refractivity contribution in [3.63, 3.8) is 0 Å². The van der Waals surface area contributed by atoms with Crippen molar-refractivity contribution in [2.45, 2.75) is 19.3 Å². The Bertz CT molecular complexity index is 347. The minimum absolute atomic E-state index is 0.0678. The van der Waals surface area contributed by atoms with Crippen molar-refractivity contribution in [3.05, 3.63) is 29.6 Å². The van der Waals surface area contributed by atoms with Gasteiger partial charge in [0, 0.05) is 30.5 Å². The lowest BCUT2D eigenvalue weighted by Gasteiger charge is -2.28. The zero-order valence-corrected chi connectivity index (χ0v) is 11.2. The van der Waals surface area contributed by atoms with Crippen LogP contribution in [-0.2, 0) is 5.41 Å². The highest BCUT2D eigenvalue weighted by molar-refractivity contribution is 9.09. The standard InChI is InChI=1S/C12H17BrFN/c1-12(2,8-13)10-7-9(14)5-6-11(10)15(3)4/h5-7H,8H2,1-4H3. The van der Waals surface area contributed by atoms with E-state index in [0.717, 1.165) is 16.6 Å². The quantitative estimate of drug-likeness (QED) is 0.762. The Morgan fingerprint density at radius 2 is 1.93 bits per heavy atom. The minimum atomic E-state index is -0.176. The van der Waals surface area contributed by atoms with Crippen LogP contribution < -0.4 is 4.90 Å². The topological polar surface area (TPSA) is 3.24 Å². The maximum Gasteiger partial charge on any atom is 0.123 e. The van der Waals surface area contributed by atoms with Gasteiger partial charge in [0.25, 0.3) is 0 Å². The van der Waals surface area contributed by atoms with Gasteiger partial charge in [0.15, 0.2) is 0 Å². The van der Waals surface area contributed by atoms with Crippen molar-refractivity contribution in [2.24, 2.45) is 0 Å². The minimum Gasteiger partial charge on any atom is -0.377 e. The Labute approximate surface area is 99.4 Å². The molecular weight excluding hydrogens is 257 g/mol. The molecule has 0 saturated heterocycles. The zero-order valence-electron chi connectivity index (χ0n) is 9.64. The molecule has 0 unspecified atom stereocenters. The van der Waals surface area contributed by atoms with Gasteiger partial charge in [0.2, 0.25) is 0 Å². The van der Waals surface area contributed by atoms with Crippen LogP contribution in [0.15, 0.2) is 18.2 Å². The summed E-state index contributed by atoms with van der Waals surface area (Å²) < 4.78 is 13.2. The lowest BCUT2D eigenvalue weighted by atomic mass is 9.85. The summed E-state index contributed by atoms with van der Waals surface area (Å²) in [7, 11) is 3.95. The molecule has 0 bridgehead atoms. The second-order valence-electron chi connectivity index (χ2n) is 4.57. The first-order chi connectivity index (χ1) is 6.88. The van der Waals surface area contributed by atoms with Gasteiger partial charge in [0.05, 0.1) is 0 Å². The molecule has 0 radical (unpaired) electrons. The number of benzene rings is 1. The molecule has 0 N–H and O–H groups in total. The van der Waals surface area contributed by atoms with Crippen molar-refractivity contribution in [1.82, 2.24) is 0 Å². The summed E-state index contributed by atoms with van der Waals surface area (Å²) in [5.74, 6) is -0.176. The molecule has 0 fully saturated rings. The highest BCUT2D eigenvalue weighted by Crippen LogP contribution is 2.33. The average molecular weight is 274 g/mol. The van der Waals surface area contributed by atoms with Gasteiger partial charge in [-0.1, -0.05) is 29.8 Å². The van der Waals surface area contributed by atoms with Gasteiger partial charge in [0.1, 0.15) is 5.82 Å². The van der Waals surface area contributed by atoms with E-state index in [9.17, 15) is 4.39 Å². The fraction of sp³-hybridized carbons (Fsp3) is 0.500. The maximum absolute atomic E-state index is 13.2. The van der Waals surface area contributed by atoms with E-state index in [-0.39, 0.29) is 11.2 Å². The van der Waals surface area contributed by atoms with Crippen molar-refractivity contribution in [1.29, 1.82) is 0 Å². The summed E-state index contributed by atoms with van der Waals surface area (Å²) in [6, 6.07) is 4.95. The van der Waals surface area contributed by atoms with Crippen molar-refractivity contribution in [2.75, 3.05) is 24.3 Å². The van der Waals surface area contributed by atoms with E-state index in [1.165, 1.54) is 6.07 Å². The highest BCUT2D eigenvalue weighted by Gasteiger charge is 2.23. The van der Waals surface area contributed by atoms with E-state index in [1.54, 1.807) is 6.07 Å². The van der Waals surface area contributed by atoms with Crippen LogP contribution in [0.4, 0.5) is 10.1 Å². The monoisotopic (exact) mass is 273 g/mol. The predicted molar refractivity (Wildman–Crippen MR) is 67.5 cm³/mol. The van der Waals surface area contributed by atoms with Gasteiger partial charge in [-0.25, -0.2) is 4.39 Å². The van der Waals surface area contributed by atoms with Crippen LogP contribution in [0.1, 0.15) is 19.4 Å². The molecule has 0 aromatic heterocycles. The molecule has 3 heteroatoms. The first-order valence-electron chi connectivity index (χ1n) is 4.92. The predicted octanol–water partition coefficient (Wildman–Crippen LogP) is 3.56. The number of rotatable bonds is 3. The summed E-state index contributed by atoms with van der Waals surface area (Å²) >= 11 is 3.47. The lowest BCUT2D eigenvalue weighted by Crippen LogP contribution is -2.23. The van der Waals surface area contributed by atoms with E-state index in [2.05, 4.69) is 29.8 Å². The Balaban J connectivity index is 3.30. The van der Waals surface area contributed by atoms with Gasteiger partial charge in [-0.3, -0.25) is 0 Å². The molecule has 1 rings (SSSR count). The third kappa shape index (κ3) is 2.71. The fourth-order valence-electron chi connectivity index (χ4n) is 1.51. The Hall–Kier alpha value is -0.570. The molecule has 0 aliphatic carbocycles. The van der Waals surface area contributed by atoms with E-state index >= 15 is 0 Å². The van der Waals surface area contributed by atoms with Gasteiger partial charge in [-0.2, -0.15) is 0 Å². The highest BCUT2D eigenvalue weighted by atomic mass is 79.9. The first-order valence-corrected chi connectivity index (χ1v) is 6.04. The van der Waals surface area contributed by atoms with Crippen LogP contribution in [0, 0.1) is 5.82 Å². The largest absolute Gasteiger partial charge is 0.377 e. The van der Waals surface area contributed by atoms with Crippen molar-refractivity contribution < 1.29 is 4.39 Å². The van der Waals surface area contributed by atoms with E-state index in [4.69, 9.17) is 0 Å². The zero-order chi connectivity index (χ0) is 11.6. The second kappa shape index (κ2) is 4.52. The maximum atomic E-state index is 13.2. The van der Waals surface area contributed by atoms with Gasteiger partial charge < -0.3 is 4.90 Å². The summed E-state index contributed by atoms with van der Waals surface area (Å²) in [6.07, 6.45) is 0. The van der Waals surface area contributed by atoms with E-state index in [0.29, 0.717) is 0 Å². The molecule has 0 spiro atoms. The summed E-state index contributed by atoms with van der Waals surface area (Å²) in [5, 5.41) is 0.810. The van der Waals surface area contributed by atoms with Crippen LogP contribution in [0.3, 0.4) is 0 Å². The molecule has 0 amide bonds. The lowest BCUT2D eigenvalue weighted by molar-refractivity contribution is 0.583. The van der Waals surface area contributed by atoms with Crippen LogP contribution >= 0.6 is 15.9 Å². The summed E-state index contributed by atoms with van der Waals surface area (Å²) in [5.41, 5.74) is 2.03. The van der Waals surface area contributed by atoms with Crippen molar-refractivity contribution in [3.8, 4) is 0 Å². The normalized spacial score (nSPS) is 11.6. The number of hydrogen-bond acceptors (Lipinski definition) is 1. The molecule has 0 saturated carbocycles. The Morgan fingerprint density at radius 3 is 2.40 bits per heavy atom. The molecule has 0 aliphatic rings. The molecule has 1 aromatic rings. The molecule has 84 valence electrons. The number of halogens is 2. The molecule has 1 aromatic carbocycles. The summed E-state index contributed by atoms with van der Waals surface area (Å²) in [6.45, 7) is 4.20. The summed E-state index contributed by atoms with van der Waals surface area (Å²) in [4.78, 5) is 2.01. The van der Waals surface area contributed by atoms with Gasteiger partial charge in [-0.05, 0) is 23.8 Å².